The van der Waals surface area contributed by atoms with Crippen molar-refractivity contribution in [2.75, 3.05) is 0 Å². The van der Waals surface area contributed by atoms with Crippen LogP contribution in [0.5, 0.6) is 0 Å². The second kappa shape index (κ2) is 4.87. The van der Waals surface area contributed by atoms with E-state index in [0.717, 1.165) is 8.66 Å². The third-order valence-corrected chi connectivity index (χ3v) is 4.11. The molecule has 6 heteroatoms. The number of nitrogens with one attached hydrogen (secondary N) is 1. The maximum Gasteiger partial charge on any atom is 0.261 e. The maximum atomic E-state index is 11.6. The zero-order chi connectivity index (χ0) is 10.7. The summed E-state index contributed by atoms with van der Waals surface area (Å²) >= 11 is 6.28. The number of amides is 1. The molecule has 0 saturated heterocycles. The van der Waals surface area contributed by atoms with Crippen LogP contribution in [0.25, 0.3) is 0 Å². The van der Waals surface area contributed by atoms with Crippen molar-refractivity contribution in [1.29, 1.82) is 0 Å². The third kappa shape index (κ3) is 2.87. The standard InChI is InChI=1S/C9H7BrN2OS2/c10-8-2-1-7(15-8)9(13)12-4-6-3-11-5-14-6/h1-3,5H,4H2,(H,12,13). The van der Waals surface area contributed by atoms with Crippen molar-refractivity contribution < 1.29 is 4.79 Å². The molecule has 0 atom stereocenters. The first kappa shape index (κ1) is 10.8. The van der Waals surface area contributed by atoms with Gasteiger partial charge in [-0.2, -0.15) is 0 Å². The fourth-order valence-corrected chi connectivity index (χ4v) is 2.86. The molecule has 0 aliphatic carbocycles. The van der Waals surface area contributed by atoms with E-state index in [1.165, 1.54) is 22.7 Å². The molecular formula is C9H7BrN2OS2. The Hall–Kier alpha value is -0.720. The summed E-state index contributed by atoms with van der Waals surface area (Å²) in [6.45, 7) is 0.541. The second-order valence-corrected chi connectivity index (χ2v) is 6.19. The summed E-state index contributed by atoms with van der Waals surface area (Å²) in [5.74, 6) is -0.0425. The van der Waals surface area contributed by atoms with E-state index >= 15 is 0 Å². The lowest BCUT2D eigenvalue weighted by Crippen LogP contribution is -2.21. The monoisotopic (exact) mass is 302 g/mol. The minimum Gasteiger partial charge on any atom is -0.346 e. The number of rotatable bonds is 3. The molecule has 2 aromatic rings. The van der Waals surface area contributed by atoms with Crippen molar-refractivity contribution in [1.82, 2.24) is 10.3 Å². The van der Waals surface area contributed by atoms with E-state index in [1.807, 2.05) is 6.07 Å². The van der Waals surface area contributed by atoms with Crippen molar-refractivity contribution in [3.63, 3.8) is 0 Å². The minimum atomic E-state index is -0.0425. The van der Waals surface area contributed by atoms with Gasteiger partial charge in [-0.1, -0.05) is 0 Å². The SMILES string of the molecule is O=C(NCc1cncs1)c1ccc(Br)s1. The van der Waals surface area contributed by atoms with Crippen molar-refractivity contribution in [3.05, 3.63) is 37.4 Å². The first-order chi connectivity index (χ1) is 7.25. The Morgan fingerprint density at radius 2 is 2.40 bits per heavy atom. The van der Waals surface area contributed by atoms with Crippen molar-refractivity contribution in [2.45, 2.75) is 6.54 Å². The predicted octanol–water partition coefficient (Wildman–Crippen LogP) is 2.90. The highest BCUT2D eigenvalue weighted by Gasteiger charge is 2.07. The van der Waals surface area contributed by atoms with E-state index < -0.39 is 0 Å². The Morgan fingerprint density at radius 3 is 3.00 bits per heavy atom. The third-order valence-electron chi connectivity index (χ3n) is 1.70. The smallest absolute Gasteiger partial charge is 0.261 e. The van der Waals surface area contributed by atoms with Gasteiger partial charge in [-0.05, 0) is 28.1 Å². The highest BCUT2D eigenvalue weighted by atomic mass is 79.9. The molecule has 2 heterocycles. The maximum absolute atomic E-state index is 11.6. The molecule has 2 aromatic heterocycles. The molecule has 15 heavy (non-hydrogen) atoms. The Bertz CT molecular complexity index is 452. The summed E-state index contributed by atoms with van der Waals surface area (Å²) in [6, 6.07) is 3.67. The van der Waals surface area contributed by atoms with E-state index in [0.29, 0.717) is 11.4 Å². The van der Waals surface area contributed by atoms with E-state index in [1.54, 1.807) is 17.8 Å². The van der Waals surface area contributed by atoms with Crippen LogP contribution in [0, 0.1) is 0 Å². The Balaban J connectivity index is 1.93. The minimum absolute atomic E-state index is 0.0425. The van der Waals surface area contributed by atoms with Gasteiger partial charge in [0.05, 0.1) is 20.7 Å². The van der Waals surface area contributed by atoms with Crippen LogP contribution in [-0.2, 0) is 6.54 Å². The van der Waals surface area contributed by atoms with Gasteiger partial charge in [-0.3, -0.25) is 9.78 Å². The predicted molar refractivity (Wildman–Crippen MR) is 65.3 cm³/mol. The summed E-state index contributed by atoms with van der Waals surface area (Å²) in [7, 11) is 0. The van der Waals surface area contributed by atoms with Crippen LogP contribution in [0.3, 0.4) is 0 Å². The average Bonchev–Trinajstić information content (AvgIpc) is 2.84. The topological polar surface area (TPSA) is 42.0 Å². The van der Waals surface area contributed by atoms with E-state index in [9.17, 15) is 4.79 Å². The second-order valence-electron chi connectivity index (χ2n) is 2.75. The lowest BCUT2D eigenvalue weighted by Gasteiger charge is -1.99. The van der Waals surface area contributed by atoms with E-state index in [2.05, 4.69) is 26.2 Å². The van der Waals surface area contributed by atoms with Gasteiger partial charge in [-0.15, -0.1) is 22.7 Å². The molecule has 0 bridgehead atoms. The summed E-state index contributed by atoms with van der Waals surface area (Å²) in [5, 5.41) is 2.84. The van der Waals surface area contributed by atoms with Gasteiger partial charge in [0, 0.05) is 11.1 Å². The van der Waals surface area contributed by atoms with Gasteiger partial charge < -0.3 is 5.32 Å². The molecule has 0 fully saturated rings. The zero-order valence-electron chi connectivity index (χ0n) is 7.57. The lowest BCUT2D eigenvalue weighted by atomic mass is 10.4. The number of thiophene rings is 1. The molecule has 0 aliphatic heterocycles. The molecule has 3 nitrogen and oxygen atoms in total. The normalized spacial score (nSPS) is 10.2. The van der Waals surface area contributed by atoms with Crippen molar-refractivity contribution in [3.8, 4) is 0 Å². The zero-order valence-corrected chi connectivity index (χ0v) is 10.8. The fourth-order valence-electron chi connectivity index (χ4n) is 1.02. The van der Waals surface area contributed by atoms with Gasteiger partial charge in [0.25, 0.3) is 5.91 Å². The largest absolute Gasteiger partial charge is 0.346 e. The molecule has 1 N–H and O–H groups in total. The summed E-state index contributed by atoms with van der Waals surface area (Å²) in [6.07, 6.45) is 1.76. The highest BCUT2D eigenvalue weighted by molar-refractivity contribution is 9.11. The van der Waals surface area contributed by atoms with Crippen LogP contribution < -0.4 is 5.32 Å². The summed E-state index contributed by atoms with van der Waals surface area (Å²) < 4.78 is 0.963. The van der Waals surface area contributed by atoms with Gasteiger partial charge in [0.2, 0.25) is 0 Å². The summed E-state index contributed by atoms with van der Waals surface area (Å²) in [5.41, 5.74) is 1.75. The molecule has 0 radical (unpaired) electrons. The van der Waals surface area contributed by atoms with E-state index in [4.69, 9.17) is 0 Å². The molecular weight excluding hydrogens is 296 g/mol. The highest BCUT2D eigenvalue weighted by Crippen LogP contribution is 2.21. The molecule has 0 saturated carbocycles. The van der Waals surface area contributed by atoms with Crippen LogP contribution in [0.15, 0.2) is 27.6 Å². The molecule has 0 aliphatic rings. The molecule has 1 amide bonds. The van der Waals surface area contributed by atoms with Gasteiger partial charge in [0.1, 0.15) is 0 Å². The van der Waals surface area contributed by atoms with Crippen molar-refractivity contribution >= 4 is 44.5 Å². The quantitative estimate of drug-likeness (QED) is 0.947. The number of halogens is 1. The van der Waals surface area contributed by atoms with Crippen LogP contribution in [0.2, 0.25) is 0 Å². The fraction of sp³-hybridized carbons (Fsp3) is 0.111. The van der Waals surface area contributed by atoms with Crippen LogP contribution in [-0.4, -0.2) is 10.9 Å². The van der Waals surface area contributed by atoms with Crippen LogP contribution >= 0.6 is 38.6 Å². The van der Waals surface area contributed by atoms with E-state index in [-0.39, 0.29) is 5.91 Å². The van der Waals surface area contributed by atoms with Crippen molar-refractivity contribution in [2.24, 2.45) is 0 Å². The lowest BCUT2D eigenvalue weighted by molar-refractivity contribution is 0.0955. The number of hydrogen-bond acceptors (Lipinski definition) is 4. The van der Waals surface area contributed by atoms with Crippen LogP contribution in [0.1, 0.15) is 14.5 Å². The number of thiazole rings is 1. The number of aromatic nitrogens is 1. The number of carbonyl (C=O) groups excluding carboxylic acids is 1. The summed E-state index contributed by atoms with van der Waals surface area (Å²) in [4.78, 5) is 17.3. The molecule has 0 aromatic carbocycles. The number of nitrogens with zero attached hydrogens (tertiary/aromatic N) is 1. The molecule has 0 unspecified atom stereocenters. The first-order valence-corrected chi connectivity index (χ1v) is 6.65. The Labute approximate surface area is 103 Å². The van der Waals surface area contributed by atoms with Crippen LogP contribution in [0.4, 0.5) is 0 Å². The molecule has 0 spiro atoms. The number of carbonyl (C=O) groups is 1. The Morgan fingerprint density at radius 1 is 1.53 bits per heavy atom. The molecule has 78 valence electrons. The van der Waals surface area contributed by atoms with Gasteiger partial charge >= 0.3 is 0 Å². The number of hydrogen-bond donors (Lipinski definition) is 1. The average molecular weight is 303 g/mol. The molecule has 2 rings (SSSR count). The van der Waals surface area contributed by atoms with Gasteiger partial charge in [-0.25, -0.2) is 0 Å². The Kier molecular flexibility index (Phi) is 3.50. The first-order valence-electron chi connectivity index (χ1n) is 4.16. The van der Waals surface area contributed by atoms with Gasteiger partial charge in [0.15, 0.2) is 0 Å².